The van der Waals surface area contributed by atoms with Gasteiger partial charge in [0.15, 0.2) is 0 Å². The molecule has 1 aliphatic heterocycles. The number of hydrogen-bond acceptors (Lipinski definition) is 4. The number of rotatable bonds is 5. The molecule has 1 heterocycles. The van der Waals surface area contributed by atoms with Crippen molar-refractivity contribution in [3.05, 3.63) is 35.6 Å². The van der Waals surface area contributed by atoms with Crippen LogP contribution >= 0.6 is 12.4 Å². The Labute approximate surface area is 170 Å². The van der Waals surface area contributed by atoms with Crippen LogP contribution in [0, 0.1) is 11.7 Å². The van der Waals surface area contributed by atoms with Crippen LogP contribution in [0.1, 0.15) is 30.6 Å². The van der Waals surface area contributed by atoms with Crippen LogP contribution in [0.15, 0.2) is 24.3 Å². The van der Waals surface area contributed by atoms with Gasteiger partial charge in [-0.25, -0.2) is 4.39 Å². The van der Waals surface area contributed by atoms with Crippen molar-refractivity contribution in [1.82, 2.24) is 15.1 Å². The summed E-state index contributed by atoms with van der Waals surface area (Å²) in [5, 5.41) is 2.58. The zero-order valence-corrected chi connectivity index (χ0v) is 17.0. The van der Waals surface area contributed by atoms with Crippen LogP contribution in [-0.2, 0) is 9.59 Å². The van der Waals surface area contributed by atoms with Gasteiger partial charge in [-0.1, -0.05) is 13.8 Å². The van der Waals surface area contributed by atoms with Crippen LogP contribution in [0.2, 0.25) is 0 Å². The molecule has 7 nitrogen and oxygen atoms in total. The molecule has 28 heavy (non-hydrogen) atoms. The van der Waals surface area contributed by atoms with Gasteiger partial charge >= 0.3 is 0 Å². The van der Waals surface area contributed by atoms with Gasteiger partial charge in [0.25, 0.3) is 5.91 Å². The molecular formula is C19H28ClFN4O3. The van der Waals surface area contributed by atoms with Crippen molar-refractivity contribution in [2.45, 2.75) is 26.3 Å². The van der Waals surface area contributed by atoms with E-state index in [1.165, 1.54) is 24.3 Å². The Morgan fingerprint density at radius 2 is 1.64 bits per heavy atom. The number of carbonyl (C=O) groups is 3. The van der Waals surface area contributed by atoms with E-state index in [-0.39, 0.29) is 42.6 Å². The molecule has 2 rings (SSSR count). The topological polar surface area (TPSA) is 95.7 Å². The number of carbonyl (C=O) groups excluding carboxylic acids is 3. The molecule has 0 unspecified atom stereocenters. The van der Waals surface area contributed by atoms with E-state index in [2.05, 4.69) is 5.32 Å². The van der Waals surface area contributed by atoms with E-state index in [0.717, 1.165) is 0 Å². The van der Waals surface area contributed by atoms with Gasteiger partial charge in [0.05, 0.1) is 12.6 Å². The Balaban J connectivity index is 0.00000392. The molecule has 156 valence electrons. The maximum Gasteiger partial charge on any atom is 0.253 e. The standard InChI is InChI=1S/C19H27FN4O3.ClH/c1-13(2)17(21)18(26)22-12-16(25)23-8-3-9-24(11-10-23)19(27)14-4-6-15(20)7-5-14;/h4-7,13,17H,3,8-12,21H2,1-2H3,(H,22,26);1H/t17-;/m0./s1. The number of benzene rings is 1. The van der Waals surface area contributed by atoms with Crippen LogP contribution in [-0.4, -0.2) is 66.3 Å². The van der Waals surface area contributed by atoms with Crippen LogP contribution in [0.25, 0.3) is 0 Å². The second-order valence-corrected chi connectivity index (χ2v) is 7.02. The molecule has 1 aromatic carbocycles. The summed E-state index contributed by atoms with van der Waals surface area (Å²) in [6.07, 6.45) is 0.637. The molecule has 1 fully saturated rings. The lowest BCUT2D eigenvalue weighted by Gasteiger charge is -2.23. The maximum absolute atomic E-state index is 13.0. The van der Waals surface area contributed by atoms with Crippen molar-refractivity contribution in [1.29, 1.82) is 0 Å². The molecule has 0 bridgehead atoms. The Hall–Kier alpha value is -2.19. The summed E-state index contributed by atoms with van der Waals surface area (Å²) in [4.78, 5) is 40.1. The Bertz CT molecular complexity index is 684. The lowest BCUT2D eigenvalue weighted by Crippen LogP contribution is -2.48. The number of amides is 3. The SMILES string of the molecule is CC(C)[C@H](N)C(=O)NCC(=O)N1CCCN(C(=O)c2ccc(F)cc2)CC1.Cl. The second-order valence-electron chi connectivity index (χ2n) is 7.02. The zero-order chi connectivity index (χ0) is 20.0. The summed E-state index contributed by atoms with van der Waals surface area (Å²) < 4.78 is 13.0. The second kappa shape index (κ2) is 11.0. The minimum atomic E-state index is -0.647. The number of halogens is 2. The smallest absolute Gasteiger partial charge is 0.253 e. The first-order chi connectivity index (χ1) is 12.8. The predicted octanol–water partition coefficient (Wildman–Crippen LogP) is 1.02. The summed E-state index contributed by atoms with van der Waals surface area (Å²) in [6, 6.07) is 4.78. The van der Waals surface area contributed by atoms with Gasteiger partial charge in [0, 0.05) is 31.7 Å². The van der Waals surface area contributed by atoms with Crippen LogP contribution < -0.4 is 11.1 Å². The Kier molecular flexibility index (Phi) is 9.34. The molecule has 1 aromatic rings. The first-order valence-electron chi connectivity index (χ1n) is 9.15. The fraction of sp³-hybridized carbons (Fsp3) is 0.526. The van der Waals surface area contributed by atoms with E-state index in [9.17, 15) is 18.8 Å². The van der Waals surface area contributed by atoms with Crippen LogP contribution in [0.4, 0.5) is 4.39 Å². The normalized spacial score (nSPS) is 15.5. The molecule has 0 radical (unpaired) electrons. The highest BCUT2D eigenvalue weighted by Crippen LogP contribution is 2.10. The summed E-state index contributed by atoms with van der Waals surface area (Å²) in [7, 11) is 0. The molecule has 0 aliphatic carbocycles. The lowest BCUT2D eigenvalue weighted by atomic mass is 10.1. The fourth-order valence-electron chi connectivity index (χ4n) is 2.84. The van der Waals surface area contributed by atoms with Crippen molar-refractivity contribution >= 4 is 30.1 Å². The minimum Gasteiger partial charge on any atom is -0.346 e. The molecule has 1 saturated heterocycles. The summed E-state index contributed by atoms with van der Waals surface area (Å²) >= 11 is 0. The van der Waals surface area contributed by atoms with Crippen molar-refractivity contribution in [2.75, 3.05) is 32.7 Å². The average Bonchev–Trinajstić information content (AvgIpc) is 2.91. The number of nitrogens with one attached hydrogen (secondary N) is 1. The molecule has 1 atom stereocenters. The first-order valence-corrected chi connectivity index (χ1v) is 9.15. The lowest BCUT2D eigenvalue weighted by molar-refractivity contribution is -0.133. The quantitative estimate of drug-likeness (QED) is 0.752. The number of nitrogens with two attached hydrogens (primary N) is 1. The highest BCUT2D eigenvalue weighted by molar-refractivity contribution is 5.94. The molecular weight excluding hydrogens is 387 g/mol. The van der Waals surface area contributed by atoms with E-state index >= 15 is 0 Å². The van der Waals surface area contributed by atoms with Crippen molar-refractivity contribution in [3.63, 3.8) is 0 Å². The fourth-order valence-corrected chi connectivity index (χ4v) is 2.84. The molecule has 1 aliphatic rings. The number of hydrogen-bond donors (Lipinski definition) is 2. The van der Waals surface area contributed by atoms with Gasteiger partial charge in [-0.2, -0.15) is 0 Å². The summed E-state index contributed by atoms with van der Waals surface area (Å²) in [5.74, 6) is -1.13. The molecule has 0 spiro atoms. The number of nitrogens with zero attached hydrogens (tertiary/aromatic N) is 2. The van der Waals surface area contributed by atoms with E-state index < -0.39 is 11.9 Å². The van der Waals surface area contributed by atoms with Gasteiger partial charge in [-0.05, 0) is 36.6 Å². The molecule has 0 saturated carbocycles. The van der Waals surface area contributed by atoms with Crippen molar-refractivity contribution < 1.29 is 18.8 Å². The van der Waals surface area contributed by atoms with Gasteiger partial charge in [0.2, 0.25) is 11.8 Å². The average molecular weight is 415 g/mol. The molecule has 3 N–H and O–H groups in total. The van der Waals surface area contributed by atoms with E-state index in [1.807, 2.05) is 13.8 Å². The predicted molar refractivity (Wildman–Crippen MR) is 107 cm³/mol. The molecule has 9 heteroatoms. The maximum atomic E-state index is 13.0. The summed E-state index contributed by atoms with van der Waals surface area (Å²) in [6.45, 7) is 5.38. The van der Waals surface area contributed by atoms with Gasteiger partial charge in [-0.3, -0.25) is 14.4 Å². The van der Waals surface area contributed by atoms with Gasteiger partial charge in [-0.15, -0.1) is 12.4 Å². The minimum absolute atomic E-state index is 0. The van der Waals surface area contributed by atoms with Crippen molar-refractivity contribution in [3.8, 4) is 0 Å². The third-order valence-corrected chi connectivity index (χ3v) is 4.66. The van der Waals surface area contributed by atoms with Gasteiger partial charge in [0.1, 0.15) is 5.82 Å². The van der Waals surface area contributed by atoms with Crippen molar-refractivity contribution in [2.24, 2.45) is 11.7 Å². The van der Waals surface area contributed by atoms with E-state index in [0.29, 0.717) is 38.2 Å². The highest BCUT2D eigenvalue weighted by atomic mass is 35.5. The monoisotopic (exact) mass is 414 g/mol. The highest BCUT2D eigenvalue weighted by Gasteiger charge is 2.24. The third-order valence-electron chi connectivity index (χ3n) is 4.66. The van der Waals surface area contributed by atoms with Crippen LogP contribution in [0.5, 0.6) is 0 Å². The Morgan fingerprint density at radius 1 is 1.07 bits per heavy atom. The molecule has 3 amide bonds. The Morgan fingerprint density at radius 3 is 2.25 bits per heavy atom. The van der Waals surface area contributed by atoms with Gasteiger partial charge < -0.3 is 20.9 Å². The molecule has 0 aromatic heterocycles. The van der Waals surface area contributed by atoms with E-state index in [1.54, 1.807) is 9.80 Å². The van der Waals surface area contributed by atoms with Crippen LogP contribution in [0.3, 0.4) is 0 Å². The zero-order valence-electron chi connectivity index (χ0n) is 16.2. The largest absolute Gasteiger partial charge is 0.346 e. The first kappa shape index (κ1) is 23.8. The summed E-state index contributed by atoms with van der Waals surface area (Å²) in [5.41, 5.74) is 6.18. The third kappa shape index (κ3) is 6.45. The van der Waals surface area contributed by atoms with E-state index in [4.69, 9.17) is 5.73 Å².